The van der Waals surface area contributed by atoms with Gasteiger partial charge in [0.25, 0.3) is 0 Å². The van der Waals surface area contributed by atoms with E-state index in [4.69, 9.17) is 5.73 Å². The first-order valence-electron chi connectivity index (χ1n) is 7.11. The molecule has 0 saturated carbocycles. The number of rotatable bonds is 8. The Balaban J connectivity index is 2.48. The smallest absolute Gasteiger partial charge is 0.233 e. The number of benzene rings is 1. The molecule has 0 unspecified atom stereocenters. The molecule has 0 radical (unpaired) electrons. The molecule has 116 valence electrons. The molecule has 21 heavy (non-hydrogen) atoms. The van der Waals surface area contributed by atoms with Crippen molar-refractivity contribution in [1.29, 1.82) is 0 Å². The monoisotopic (exact) mass is 292 g/mol. The van der Waals surface area contributed by atoms with E-state index < -0.39 is 0 Å². The van der Waals surface area contributed by atoms with Crippen molar-refractivity contribution in [2.24, 2.45) is 5.73 Å². The molecule has 6 heteroatoms. The van der Waals surface area contributed by atoms with Crippen molar-refractivity contribution in [2.75, 3.05) is 32.0 Å². The Bertz CT molecular complexity index is 476. The Morgan fingerprint density at radius 1 is 1.24 bits per heavy atom. The second-order valence-electron chi connectivity index (χ2n) is 4.70. The predicted octanol–water partition coefficient (Wildman–Crippen LogP) is 0.542. The van der Waals surface area contributed by atoms with Crippen LogP contribution in [0.1, 0.15) is 18.9 Å². The van der Waals surface area contributed by atoms with Gasteiger partial charge in [0.2, 0.25) is 11.8 Å². The van der Waals surface area contributed by atoms with Crippen molar-refractivity contribution in [1.82, 2.24) is 10.2 Å². The number of carbonyl (C=O) groups excluding carboxylic acids is 2. The van der Waals surface area contributed by atoms with Crippen LogP contribution in [-0.4, -0.2) is 43.4 Å². The fourth-order valence-corrected chi connectivity index (χ4v) is 1.92. The van der Waals surface area contributed by atoms with Crippen molar-refractivity contribution < 1.29 is 9.59 Å². The topological polar surface area (TPSA) is 87.5 Å². The number of anilines is 1. The van der Waals surface area contributed by atoms with E-state index in [9.17, 15) is 9.59 Å². The molecule has 1 aromatic rings. The van der Waals surface area contributed by atoms with E-state index in [2.05, 4.69) is 10.6 Å². The minimum atomic E-state index is -0.0775. The summed E-state index contributed by atoms with van der Waals surface area (Å²) in [7, 11) is 1.60. The molecule has 1 aromatic carbocycles. The largest absolute Gasteiger partial charge is 0.358 e. The first-order valence-corrected chi connectivity index (χ1v) is 7.11. The highest BCUT2D eigenvalue weighted by Crippen LogP contribution is 2.14. The van der Waals surface area contributed by atoms with Crippen LogP contribution in [0, 0.1) is 0 Å². The van der Waals surface area contributed by atoms with E-state index in [-0.39, 0.29) is 11.8 Å². The van der Waals surface area contributed by atoms with Crippen molar-refractivity contribution in [2.45, 2.75) is 19.9 Å². The molecule has 6 nitrogen and oxygen atoms in total. The summed E-state index contributed by atoms with van der Waals surface area (Å²) in [6.07, 6.45) is 0.337. The standard InChI is InChI=1S/C15H24N4O2/c1-3-19(11-15(21)17-2)9-8-14(20)18-13-7-5-4-6-12(13)10-16/h4-7H,3,8-11,16H2,1-2H3,(H,17,21)(H,18,20). The Hall–Kier alpha value is -1.92. The third kappa shape index (κ3) is 5.93. The van der Waals surface area contributed by atoms with Gasteiger partial charge in [0.05, 0.1) is 6.54 Å². The Morgan fingerprint density at radius 2 is 1.95 bits per heavy atom. The van der Waals surface area contributed by atoms with Crippen molar-refractivity contribution >= 4 is 17.5 Å². The molecular formula is C15H24N4O2. The van der Waals surface area contributed by atoms with E-state index in [1.54, 1.807) is 7.05 Å². The zero-order chi connectivity index (χ0) is 15.7. The van der Waals surface area contributed by atoms with Gasteiger partial charge in [0, 0.05) is 32.2 Å². The van der Waals surface area contributed by atoms with Crippen molar-refractivity contribution in [3.05, 3.63) is 29.8 Å². The van der Waals surface area contributed by atoms with Crippen LogP contribution in [0.25, 0.3) is 0 Å². The van der Waals surface area contributed by atoms with E-state index in [1.807, 2.05) is 36.1 Å². The van der Waals surface area contributed by atoms with Crippen LogP contribution in [0.2, 0.25) is 0 Å². The number of nitrogens with zero attached hydrogens (tertiary/aromatic N) is 1. The van der Waals surface area contributed by atoms with Crippen molar-refractivity contribution in [3.63, 3.8) is 0 Å². The second kappa shape index (κ2) is 9.10. The highest BCUT2D eigenvalue weighted by atomic mass is 16.2. The van der Waals surface area contributed by atoms with Crippen LogP contribution < -0.4 is 16.4 Å². The Morgan fingerprint density at radius 3 is 2.57 bits per heavy atom. The number of nitrogens with one attached hydrogen (secondary N) is 2. The van der Waals surface area contributed by atoms with Gasteiger partial charge in [-0.05, 0) is 18.2 Å². The fraction of sp³-hybridized carbons (Fsp3) is 0.467. The van der Waals surface area contributed by atoms with Gasteiger partial charge in [-0.3, -0.25) is 14.5 Å². The maximum atomic E-state index is 12.0. The lowest BCUT2D eigenvalue weighted by molar-refractivity contribution is -0.122. The number of amides is 2. The lowest BCUT2D eigenvalue weighted by Gasteiger charge is -2.19. The van der Waals surface area contributed by atoms with Crippen LogP contribution in [0.15, 0.2) is 24.3 Å². The lowest BCUT2D eigenvalue weighted by atomic mass is 10.1. The van der Waals surface area contributed by atoms with Gasteiger partial charge in [0.15, 0.2) is 0 Å². The maximum Gasteiger partial charge on any atom is 0.233 e. The molecule has 0 heterocycles. The summed E-state index contributed by atoms with van der Waals surface area (Å²) < 4.78 is 0. The van der Waals surface area contributed by atoms with Gasteiger partial charge in [-0.15, -0.1) is 0 Å². The molecule has 2 amide bonds. The number of carbonyl (C=O) groups is 2. The van der Waals surface area contributed by atoms with Gasteiger partial charge in [-0.2, -0.15) is 0 Å². The van der Waals surface area contributed by atoms with E-state index in [1.165, 1.54) is 0 Å². The molecule has 0 aliphatic heterocycles. The van der Waals surface area contributed by atoms with Gasteiger partial charge in [-0.25, -0.2) is 0 Å². The number of nitrogens with two attached hydrogens (primary N) is 1. The average Bonchev–Trinajstić information content (AvgIpc) is 2.51. The van der Waals surface area contributed by atoms with Crippen LogP contribution >= 0.6 is 0 Å². The number of likely N-dealkylation sites (N-methyl/N-ethyl adjacent to an activating group) is 2. The van der Waals surface area contributed by atoms with Crippen LogP contribution in [0.4, 0.5) is 5.69 Å². The zero-order valence-corrected chi connectivity index (χ0v) is 12.7. The quantitative estimate of drug-likeness (QED) is 0.652. The fourth-order valence-electron chi connectivity index (χ4n) is 1.92. The summed E-state index contributed by atoms with van der Waals surface area (Å²) >= 11 is 0. The van der Waals surface area contributed by atoms with Crippen molar-refractivity contribution in [3.8, 4) is 0 Å². The molecule has 1 rings (SSSR count). The molecule has 0 atom stereocenters. The predicted molar refractivity (Wildman–Crippen MR) is 83.8 cm³/mol. The van der Waals surface area contributed by atoms with E-state index in [0.717, 1.165) is 17.8 Å². The van der Waals surface area contributed by atoms with Gasteiger partial charge in [-0.1, -0.05) is 25.1 Å². The highest BCUT2D eigenvalue weighted by molar-refractivity contribution is 5.91. The summed E-state index contributed by atoms with van der Waals surface area (Å²) in [5, 5.41) is 5.44. The lowest BCUT2D eigenvalue weighted by Crippen LogP contribution is -2.37. The molecule has 0 spiro atoms. The second-order valence-corrected chi connectivity index (χ2v) is 4.70. The minimum Gasteiger partial charge on any atom is -0.358 e. The SMILES string of the molecule is CCN(CCC(=O)Nc1ccccc1CN)CC(=O)NC. The molecule has 0 aromatic heterocycles. The number of hydrogen-bond acceptors (Lipinski definition) is 4. The highest BCUT2D eigenvalue weighted by Gasteiger charge is 2.11. The molecule has 4 N–H and O–H groups in total. The third-order valence-corrected chi connectivity index (χ3v) is 3.26. The number of para-hydroxylation sites is 1. The third-order valence-electron chi connectivity index (χ3n) is 3.26. The van der Waals surface area contributed by atoms with Crippen LogP contribution in [0.5, 0.6) is 0 Å². The van der Waals surface area contributed by atoms with E-state index >= 15 is 0 Å². The normalized spacial score (nSPS) is 10.5. The summed E-state index contributed by atoms with van der Waals surface area (Å²) in [6.45, 7) is 3.92. The van der Waals surface area contributed by atoms with Crippen LogP contribution in [0.3, 0.4) is 0 Å². The zero-order valence-electron chi connectivity index (χ0n) is 12.7. The molecule has 0 aliphatic rings. The Labute approximate surface area is 125 Å². The summed E-state index contributed by atoms with van der Waals surface area (Å²) in [4.78, 5) is 25.2. The van der Waals surface area contributed by atoms with Gasteiger partial charge < -0.3 is 16.4 Å². The Kier molecular flexibility index (Phi) is 7.42. The molecule has 0 saturated heterocycles. The summed E-state index contributed by atoms with van der Waals surface area (Å²) in [5.41, 5.74) is 7.29. The molecule has 0 fully saturated rings. The van der Waals surface area contributed by atoms with Crippen LogP contribution in [-0.2, 0) is 16.1 Å². The summed E-state index contributed by atoms with van der Waals surface area (Å²) in [6, 6.07) is 7.47. The molecule has 0 bridgehead atoms. The molecular weight excluding hydrogens is 268 g/mol. The molecule has 0 aliphatic carbocycles. The number of hydrogen-bond donors (Lipinski definition) is 3. The van der Waals surface area contributed by atoms with E-state index in [0.29, 0.717) is 26.1 Å². The summed E-state index contributed by atoms with van der Waals surface area (Å²) in [5.74, 6) is -0.128. The minimum absolute atomic E-state index is 0.0502. The first kappa shape index (κ1) is 17.1. The van der Waals surface area contributed by atoms with Gasteiger partial charge in [0.1, 0.15) is 0 Å². The maximum absolute atomic E-state index is 12.0. The first-order chi connectivity index (χ1) is 10.1. The van der Waals surface area contributed by atoms with Gasteiger partial charge >= 0.3 is 0 Å². The average molecular weight is 292 g/mol.